The van der Waals surface area contributed by atoms with Gasteiger partial charge in [-0.15, -0.1) is 24.0 Å². The molecule has 0 bridgehead atoms. The minimum absolute atomic E-state index is 0. The van der Waals surface area contributed by atoms with E-state index in [0.717, 1.165) is 57.2 Å². The maximum atomic E-state index is 11.7. The molecule has 1 fully saturated rings. The van der Waals surface area contributed by atoms with Crippen molar-refractivity contribution in [3.63, 3.8) is 0 Å². The third-order valence-corrected chi connectivity index (χ3v) is 4.54. The molecular weight excluding hydrogens is 479 g/mol. The van der Waals surface area contributed by atoms with Crippen molar-refractivity contribution in [1.82, 2.24) is 15.5 Å². The molecule has 6 nitrogen and oxygen atoms in total. The Labute approximate surface area is 192 Å². The summed E-state index contributed by atoms with van der Waals surface area (Å²) in [6, 6.07) is 8.40. The maximum absolute atomic E-state index is 11.7. The number of aliphatic imine (C=N–C) groups is 1. The van der Waals surface area contributed by atoms with E-state index in [4.69, 9.17) is 4.74 Å². The predicted octanol–water partition coefficient (Wildman–Crippen LogP) is 3.54. The summed E-state index contributed by atoms with van der Waals surface area (Å²) >= 11 is 0. The van der Waals surface area contributed by atoms with Gasteiger partial charge in [-0.25, -0.2) is 4.99 Å². The summed E-state index contributed by atoms with van der Waals surface area (Å²) in [6.07, 6.45) is 2.63. The molecule has 1 aromatic carbocycles. The second kappa shape index (κ2) is 14.6. The molecule has 0 spiro atoms. The van der Waals surface area contributed by atoms with E-state index in [2.05, 4.69) is 60.7 Å². The van der Waals surface area contributed by atoms with Gasteiger partial charge in [-0.3, -0.25) is 4.79 Å². The van der Waals surface area contributed by atoms with Crippen molar-refractivity contribution in [2.24, 2.45) is 10.9 Å². The second-order valence-corrected chi connectivity index (χ2v) is 7.68. The summed E-state index contributed by atoms with van der Waals surface area (Å²) < 4.78 is 5.61. The van der Waals surface area contributed by atoms with E-state index in [1.54, 1.807) is 0 Å². The van der Waals surface area contributed by atoms with E-state index >= 15 is 0 Å². The van der Waals surface area contributed by atoms with E-state index in [-0.39, 0.29) is 29.9 Å². The van der Waals surface area contributed by atoms with Gasteiger partial charge in [0.2, 0.25) is 5.91 Å². The first-order chi connectivity index (χ1) is 13.6. The molecule has 1 amide bonds. The monoisotopic (exact) mass is 516 g/mol. The first kappa shape index (κ1) is 25.7. The van der Waals surface area contributed by atoms with Gasteiger partial charge in [0.05, 0.1) is 6.54 Å². The van der Waals surface area contributed by atoms with Gasteiger partial charge in [-0.2, -0.15) is 0 Å². The van der Waals surface area contributed by atoms with Gasteiger partial charge < -0.3 is 20.3 Å². The average molecular weight is 516 g/mol. The lowest BCUT2D eigenvalue weighted by Gasteiger charge is -2.15. The number of likely N-dealkylation sites (tertiary alicyclic amines) is 1. The average Bonchev–Trinajstić information content (AvgIpc) is 3.08. The Kier molecular flexibility index (Phi) is 12.9. The summed E-state index contributed by atoms with van der Waals surface area (Å²) in [6.45, 7) is 11.9. The first-order valence-electron chi connectivity index (χ1n) is 10.5. The summed E-state index contributed by atoms with van der Waals surface area (Å²) in [5.74, 6) is 1.68. The number of hydrogen-bond acceptors (Lipinski definition) is 3. The van der Waals surface area contributed by atoms with Crippen LogP contribution in [0.15, 0.2) is 29.3 Å². The minimum Gasteiger partial charge on any atom is -0.381 e. The van der Waals surface area contributed by atoms with Crippen LogP contribution in [0.2, 0.25) is 0 Å². The van der Waals surface area contributed by atoms with Crippen LogP contribution in [0.5, 0.6) is 0 Å². The molecule has 0 atom stereocenters. The van der Waals surface area contributed by atoms with Gasteiger partial charge in [-0.1, -0.05) is 38.1 Å². The van der Waals surface area contributed by atoms with Gasteiger partial charge in [0.15, 0.2) is 5.96 Å². The SMILES string of the molecule is CCNC(=NCc1ccc(CN2CCCC2=O)cc1)NCCCOCC(C)C.I. The maximum Gasteiger partial charge on any atom is 0.222 e. The van der Waals surface area contributed by atoms with Crippen molar-refractivity contribution >= 4 is 35.8 Å². The van der Waals surface area contributed by atoms with E-state index in [9.17, 15) is 4.79 Å². The molecule has 0 aromatic heterocycles. The van der Waals surface area contributed by atoms with Gasteiger partial charge in [-0.05, 0) is 36.8 Å². The molecule has 1 heterocycles. The zero-order valence-electron chi connectivity index (χ0n) is 18.1. The summed E-state index contributed by atoms with van der Waals surface area (Å²) in [7, 11) is 0. The largest absolute Gasteiger partial charge is 0.381 e. The number of carbonyl (C=O) groups excluding carboxylic acids is 1. The van der Waals surface area contributed by atoms with Crippen LogP contribution in [0.3, 0.4) is 0 Å². The Morgan fingerprint density at radius 3 is 2.55 bits per heavy atom. The third-order valence-electron chi connectivity index (χ3n) is 4.54. The normalized spacial score (nSPS) is 14.3. The molecule has 0 radical (unpaired) electrons. The van der Waals surface area contributed by atoms with Crippen molar-refractivity contribution in [1.29, 1.82) is 0 Å². The molecule has 0 saturated carbocycles. The smallest absolute Gasteiger partial charge is 0.222 e. The molecule has 1 aliphatic heterocycles. The number of carbonyl (C=O) groups is 1. The Morgan fingerprint density at radius 2 is 1.93 bits per heavy atom. The number of hydrogen-bond donors (Lipinski definition) is 2. The third kappa shape index (κ3) is 10.3. The molecule has 1 saturated heterocycles. The molecule has 1 aromatic rings. The molecule has 2 N–H and O–H groups in total. The van der Waals surface area contributed by atoms with E-state index < -0.39 is 0 Å². The standard InChI is InChI=1S/C22H36N4O2.HI/c1-4-23-22(24-12-6-14-28-17-18(2)3)25-15-19-8-10-20(11-9-19)16-26-13-5-7-21(26)27;/h8-11,18H,4-7,12-17H2,1-3H3,(H2,23,24,25);1H. The number of nitrogens with one attached hydrogen (secondary N) is 2. The van der Waals surface area contributed by atoms with E-state index in [0.29, 0.717) is 25.4 Å². The number of guanidine groups is 1. The zero-order valence-corrected chi connectivity index (χ0v) is 20.4. The van der Waals surface area contributed by atoms with Crippen LogP contribution >= 0.6 is 24.0 Å². The summed E-state index contributed by atoms with van der Waals surface area (Å²) in [4.78, 5) is 18.3. The quantitative estimate of drug-likeness (QED) is 0.205. The van der Waals surface area contributed by atoms with Crippen molar-refractivity contribution in [2.75, 3.05) is 32.8 Å². The van der Waals surface area contributed by atoms with Gasteiger partial charge in [0.1, 0.15) is 0 Å². The van der Waals surface area contributed by atoms with Crippen LogP contribution in [-0.4, -0.2) is 49.6 Å². The lowest BCUT2D eigenvalue weighted by atomic mass is 10.1. The number of benzene rings is 1. The Hall–Kier alpha value is -1.35. The summed E-state index contributed by atoms with van der Waals surface area (Å²) in [5, 5.41) is 6.64. The zero-order chi connectivity index (χ0) is 20.2. The highest BCUT2D eigenvalue weighted by atomic mass is 127. The van der Waals surface area contributed by atoms with Crippen molar-refractivity contribution in [2.45, 2.75) is 53.1 Å². The summed E-state index contributed by atoms with van der Waals surface area (Å²) in [5.41, 5.74) is 2.34. The van der Waals surface area contributed by atoms with Gasteiger partial charge in [0, 0.05) is 45.8 Å². The lowest BCUT2D eigenvalue weighted by molar-refractivity contribution is -0.128. The number of ether oxygens (including phenoxy) is 1. The second-order valence-electron chi connectivity index (χ2n) is 7.68. The highest BCUT2D eigenvalue weighted by Crippen LogP contribution is 2.15. The van der Waals surface area contributed by atoms with Crippen molar-refractivity contribution in [3.8, 4) is 0 Å². The molecule has 0 unspecified atom stereocenters. The topological polar surface area (TPSA) is 66.0 Å². The fourth-order valence-corrected chi connectivity index (χ4v) is 3.05. The Morgan fingerprint density at radius 1 is 1.21 bits per heavy atom. The minimum atomic E-state index is 0. The van der Waals surface area contributed by atoms with Gasteiger partial charge in [0.25, 0.3) is 0 Å². The molecule has 1 aliphatic rings. The van der Waals surface area contributed by atoms with Crippen LogP contribution < -0.4 is 10.6 Å². The molecular formula is C22H37IN4O2. The number of amides is 1. The molecule has 0 aliphatic carbocycles. The van der Waals surface area contributed by atoms with Crippen LogP contribution in [0.4, 0.5) is 0 Å². The lowest BCUT2D eigenvalue weighted by Crippen LogP contribution is -2.38. The van der Waals surface area contributed by atoms with Crippen LogP contribution in [0.25, 0.3) is 0 Å². The number of halogens is 1. The Bertz CT molecular complexity index is 620. The van der Waals surface area contributed by atoms with Crippen molar-refractivity contribution in [3.05, 3.63) is 35.4 Å². The van der Waals surface area contributed by atoms with Crippen LogP contribution in [0.1, 0.15) is 51.2 Å². The first-order valence-corrected chi connectivity index (χ1v) is 10.5. The van der Waals surface area contributed by atoms with Crippen LogP contribution in [-0.2, 0) is 22.6 Å². The van der Waals surface area contributed by atoms with Crippen LogP contribution in [0, 0.1) is 5.92 Å². The molecule has 164 valence electrons. The number of rotatable bonds is 11. The van der Waals surface area contributed by atoms with Gasteiger partial charge >= 0.3 is 0 Å². The number of nitrogens with zero attached hydrogens (tertiary/aromatic N) is 2. The highest BCUT2D eigenvalue weighted by Gasteiger charge is 2.19. The van der Waals surface area contributed by atoms with E-state index in [1.807, 2.05) is 4.90 Å². The molecule has 2 rings (SSSR count). The van der Waals surface area contributed by atoms with Crippen molar-refractivity contribution < 1.29 is 9.53 Å². The fourth-order valence-electron chi connectivity index (χ4n) is 3.05. The predicted molar refractivity (Wildman–Crippen MR) is 130 cm³/mol. The molecule has 7 heteroatoms. The molecule has 29 heavy (non-hydrogen) atoms. The Balaban J connectivity index is 0.00000420. The highest BCUT2D eigenvalue weighted by molar-refractivity contribution is 14.0. The van der Waals surface area contributed by atoms with E-state index in [1.165, 1.54) is 5.56 Å². The fraction of sp³-hybridized carbons (Fsp3) is 0.636.